The minimum atomic E-state index is -0.00759. The molecule has 1 fully saturated rings. The fourth-order valence-corrected chi connectivity index (χ4v) is 2.79. The fourth-order valence-electron chi connectivity index (χ4n) is 2.79. The van der Waals surface area contributed by atoms with Crippen LogP contribution in [-0.2, 0) is 0 Å². The predicted octanol–water partition coefficient (Wildman–Crippen LogP) is 3.61. The van der Waals surface area contributed by atoms with Crippen molar-refractivity contribution in [2.24, 2.45) is 17.8 Å². The van der Waals surface area contributed by atoms with Crippen molar-refractivity contribution < 1.29 is 5.11 Å². The standard InChI is InChI=1S/C13H26O/c1-4-11(5-2)9-12-8-10(3)6-7-13(12)14/h10-14H,4-9H2,1-3H3. The van der Waals surface area contributed by atoms with Crippen LogP contribution in [0.5, 0.6) is 0 Å². The second-order valence-corrected chi connectivity index (χ2v) is 5.16. The van der Waals surface area contributed by atoms with Crippen molar-refractivity contribution >= 4 is 0 Å². The van der Waals surface area contributed by atoms with Crippen molar-refractivity contribution in [2.45, 2.75) is 65.4 Å². The predicted molar refractivity (Wildman–Crippen MR) is 61.2 cm³/mol. The quantitative estimate of drug-likeness (QED) is 0.731. The van der Waals surface area contributed by atoms with Crippen LogP contribution in [0.3, 0.4) is 0 Å². The van der Waals surface area contributed by atoms with E-state index in [0.717, 1.165) is 18.3 Å². The van der Waals surface area contributed by atoms with Gasteiger partial charge in [-0.15, -0.1) is 0 Å². The first-order chi connectivity index (χ1) is 6.67. The minimum Gasteiger partial charge on any atom is -0.393 e. The zero-order valence-electron chi connectivity index (χ0n) is 10.00. The molecule has 0 spiro atoms. The second-order valence-electron chi connectivity index (χ2n) is 5.16. The van der Waals surface area contributed by atoms with E-state index in [1.165, 1.54) is 32.1 Å². The molecule has 1 nitrogen and oxygen atoms in total. The van der Waals surface area contributed by atoms with E-state index < -0.39 is 0 Å². The van der Waals surface area contributed by atoms with Gasteiger partial charge in [-0.2, -0.15) is 0 Å². The SMILES string of the molecule is CCC(CC)CC1CC(C)CCC1O. The summed E-state index contributed by atoms with van der Waals surface area (Å²) in [5.74, 6) is 2.25. The Morgan fingerprint density at radius 3 is 2.43 bits per heavy atom. The maximum atomic E-state index is 9.93. The van der Waals surface area contributed by atoms with Crippen molar-refractivity contribution in [3.8, 4) is 0 Å². The average molecular weight is 198 g/mol. The molecular weight excluding hydrogens is 172 g/mol. The first-order valence-electron chi connectivity index (χ1n) is 6.35. The molecule has 84 valence electrons. The zero-order valence-corrected chi connectivity index (χ0v) is 10.00. The number of rotatable bonds is 4. The molecule has 1 rings (SSSR count). The first-order valence-corrected chi connectivity index (χ1v) is 6.35. The summed E-state index contributed by atoms with van der Waals surface area (Å²) in [7, 11) is 0. The molecule has 0 aromatic heterocycles. The van der Waals surface area contributed by atoms with E-state index in [9.17, 15) is 5.11 Å². The van der Waals surface area contributed by atoms with Crippen LogP contribution in [0.25, 0.3) is 0 Å². The molecule has 0 aliphatic heterocycles. The van der Waals surface area contributed by atoms with Gasteiger partial charge < -0.3 is 5.11 Å². The molecule has 0 amide bonds. The van der Waals surface area contributed by atoms with Crippen LogP contribution in [-0.4, -0.2) is 11.2 Å². The Bertz CT molecular complexity index is 151. The lowest BCUT2D eigenvalue weighted by Crippen LogP contribution is -2.29. The van der Waals surface area contributed by atoms with E-state index in [2.05, 4.69) is 20.8 Å². The van der Waals surface area contributed by atoms with Crippen molar-refractivity contribution in [3.63, 3.8) is 0 Å². The van der Waals surface area contributed by atoms with Crippen molar-refractivity contribution in [3.05, 3.63) is 0 Å². The lowest BCUT2D eigenvalue weighted by Gasteiger charge is -2.33. The smallest absolute Gasteiger partial charge is 0.0568 e. The van der Waals surface area contributed by atoms with E-state index in [0.29, 0.717) is 5.92 Å². The van der Waals surface area contributed by atoms with Gasteiger partial charge in [0.05, 0.1) is 6.10 Å². The molecule has 14 heavy (non-hydrogen) atoms. The van der Waals surface area contributed by atoms with Gasteiger partial charge in [-0.3, -0.25) is 0 Å². The molecule has 0 aromatic rings. The molecule has 1 aliphatic rings. The molecule has 1 saturated carbocycles. The van der Waals surface area contributed by atoms with Gasteiger partial charge in [-0.1, -0.05) is 33.6 Å². The average Bonchev–Trinajstić information content (AvgIpc) is 2.19. The normalized spacial score (nSPS) is 33.6. The van der Waals surface area contributed by atoms with Crippen LogP contribution in [0.2, 0.25) is 0 Å². The Morgan fingerprint density at radius 1 is 1.21 bits per heavy atom. The van der Waals surface area contributed by atoms with Gasteiger partial charge >= 0.3 is 0 Å². The maximum absolute atomic E-state index is 9.93. The van der Waals surface area contributed by atoms with Crippen LogP contribution < -0.4 is 0 Å². The van der Waals surface area contributed by atoms with Gasteiger partial charge in [0, 0.05) is 0 Å². The van der Waals surface area contributed by atoms with Crippen LogP contribution in [0.15, 0.2) is 0 Å². The summed E-state index contributed by atoms with van der Waals surface area (Å²) in [6.07, 6.45) is 7.29. The highest BCUT2D eigenvalue weighted by atomic mass is 16.3. The Hall–Kier alpha value is -0.0400. The molecule has 0 bridgehead atoms. The lowest BCUT2D eigenvalue weighted by atomic mass is 9.75. The summed E-state index contributed by atoms with van der Waals surface area (Å²) in [6.45, 7) is 6.87. The Morgan fingerprint density at radius 2 is 1.86 bits per heavy atom. The number of hydrogen-bond donors (Lipinski definition) is 1. The summed E-state index contributed by atoms with van der Waals surface area (Å²) < 4.78 is 0. The van der Waals surface area contributed by atoms with Crippen molar-refractivity contribution in [1.82, 2.24) is 0 Å². The summed E-state index contributed by atoms with van der Waals surface area (Å²) in [5, 5.41) is 9.93. The van der Waals surface area contributed by atoms with Gasteiger partial charge in [0.2, 0.25) is 0 Å². The van der Waals surface area contributed by atoms with Gasteiger partial charge in [-0.05, 0) is 43.4 Å². The molecule has 0 heterocycles. The molecule has 0 saturated heterocycles. The van der Waals surface area contributed by atoms with E-state index in [4.69, 9.17) is 0 Å². The fraction of sp³-hybridized carbons (Fsp3) is 1.00. The molecule has 3 atom stereocenters. The van der Waals surface area contributed by atoms with E-state index in [1.54, 1.807) is 0 Å². The van der Waals surface area contributed by atoms with Crippen LogP contribution in [0, 0.1) is 17.8 Å². The van der Waals surface area contributed by atoms with Crippen LogP contribution in [0.1, 0.15) is 59.3 Å². The van der Waals surface area contributed by atoms with Crippen LogP contribution in [0.4, 0.5) is 0 Å². The Labute approximate surface area is 88.9 Å². The highest BCUT2D eigenvalue weighted by Gasteiger charge is 2.28. The highest BCUT2D eigenvalue weighted by molar-refractivity contribution is 4.79. The maximum Gasteiger partial charge on any atom is 0.0568 e. The van der Waals surface area contributed by atoms with Gasteiger partial charge in [0.25, 0.3) is 0 Å². The Kier molecular flexibility index (Phi) is 4.94. The van der Waals surface area contributed by atoms with Gasteiger partial charge in [-0.25, -0.2) is 0 Å². The Balaban J connectivity index is 2.40. The third-order valence-corrected chi connectivity index (χ3v) is 4.00. The first kappa shape index (κ1) is 12.0. The van der Waals surface area contributed by atoms with E-state index in [1.807, 2.05) is 0 Å². The summed E-state index contributed by atoms with van der Waals surface area (Å²) in [6, 6.07) is 0. The van der Waals surface area contributed by atoms with Crippen molar-refractivity contribution in [2.75, 3.05) is 0 Å². The summed E-state index contributed by atoms with van der Waals surface area (Å²) in [4.78, 5) is 0. The van der Waals surface area contributed by atoms with E-state index in [-0.39, 0.29) is 6.10 Å². The molecular formula is C13H26O. The zero-order chi connectivity index (χ0) is 10.6. The third-order valence-electron chi connectivity index (χ3n) is 4.00. The molecule has 0 radical (unpaired) electrons. The molecule has 1 heteroatoms. The molecule has 3 unspecified atom stereocenters. The molecule has 1 aliphatic carbocycles. The molecule has 1 N–H and O–H groups in total. The minimum absolute atomic E-state index is 0.00759. The highest BCUT2D eigenvalue weighted by Crippen LogP contribution is 2.34. The van der Waals surface area contributed by atoms with E-state index >= 15 is 0 Å². The summed E-state index contributed by atoms with van der Waals surface area (Å²) >= 11 is 0. The van der Waals surface area contributed by atoms with Gasteiger partial charge in [0.15, 0.2) is 0 Å². The van der Waals surface area contributed by atoms with Crippen molar-refractivity contribution in [1.29, 1.82) is 0 Å². The van der Waals surface area contributed by atoms with Gasteiger partial charge in [0.1, 0.15) is 0 Å². The lowest BCUT2D eigenvalue weighted by molar-refractivity contribution is 0.0380. The largest absolute Gasteiger partial charge is 0.393 e. The monoisotopic (exact) mass is 198 g/mol. The van der Waals surface area contributed by atoms with Crippen LogP contribution >= 0.6 is 0 Å². The molecule has 0 aromatic carbocycles. The third kappa shape index (κ3) is 3.27. The second kappa shape index (κ2) is 5.75. The topological polar surface area (TPSA) is 20.2 Å². The summed E-state index contributed by atoms with van der Waals surface area (Å²) in [5.41, 5.74) is 0. The number of hydrogen-bond acceptors (Lipinski definition) is 1. The number of aliphatic hydroxyl groups is 1. The number of aliphatic hydroxyl groups excluding tert-OH is 1.